The lowest BCUT2D eigenvalue weighted by Gasteiger charge is -2.29. The molecule has 1 aromatic heterocycles. The Morgan fingerprint density at radius 2 is 1.93 bits per heavy atom. The Bertz CT molecular complexity index is 876. The van der Waals surface area contributed by atoms with E-state index in [0.717, 1.165) is 17.7 Å². The molecular formula is C22H29N3O3. The van der Waals surface area contributed by atoms with Crippen molar-refractivity contribution < 1.29 is 14.6 Å². The minimum Gasteiger partial charge on any atom is -0.460 e. The van der Waals surface area contributed by atoms with E-state index in [1.54, 1.807) is 6.34 Å². The number of aromatic amines is 1. The fourth-order valence-electron chi connectivity index (χ4n) is 3.14. The van der Waals surface area contributed by atoms with Crippen LogP contribution in [0.4, 0.5) is 5.82 Å². The number of aromatic nitrogens is 1. The molecule has 0 radical (unpaired) electrons. The van der Waals surface area contributed by atoms with Gasteiger partial charge in [0.15, 0.2) is 6.23 Å². The van der Waals surface area contributed by atoms with Gasteiger partial charge in [-0.05, 0) is 46.6 Å². The van der Waals surface area contributed by atoms with Gasteiger partial charge in [0, 0.05) is 17.8 Å². The summed E-state index contributed by atoms with van der Waals surface area (Å²) in [5.41, 5.74) is 4.19. The number of hydrogen-bond acceptors (Lipinski definition) is 5. The zero-order chi connectivity index (χ0) is 20.5. The van der Waals surface area contributed by atoms with Gasteiger partial charge in [-0.25, -0.2) is 4.99 Å². The molecule has 3 rings (SSSR count). The summed E-state index contributed by atoms with van der Waals surface area (Å²) in [4.78, 5) is 21.6. The number of carbonyl (C=O) groups is 1. The largest absolute Gasteiger partial charge is 0.460 e. The standard InChI is InChI=1S/C22H29N3O3/c1-14-6-8-16(9-7-14)10-11-25-13-23-19-18(20(25)26)17(15(2)24-19)12-28-21(27)22(3,4)5/h6-9,13,20,24,26H,10-12H2,1-5H3. The average Bonchev–Trinajstić information content (AvgIpc) is 2.95. The van der Waals surface area contributed by atoms with Crippen LogP contribution in [0.1, 0.15) is 54.9 Å². The van der Waals surface area contributed by atoms with Crippen molar-refractivity contribution >= 4 is 18.1 Å². The predicted octanol–water partition coefficient (Wildman–Crippen LogP) is 3.93. The minimum absolute atomic E-state index is 0.117. The fourth-order valence-corrected chi connectivity index (χ4v) is 3.14. The van der Waals surface area contributed by atoms with E-state index < -0.39 is 11.6 Å². The number of aliphatic hydroxyl groups excluding tert-OH is 1. The third-order valence-corrected chi connectivity index (χ3v) is 4.99. The first-order chi connectivity index (χ1) is 13.2. The van der Waals surface area contributed by atoms with Crippen molar-refractivity contribution in [2.24, 2.45) is 10.4 Å². The summed E-state index contributed by atoms with van der Waals surface area (Å²) in [6.07, 6.45) is 1.64. The Kier molecular flexibility index (Phi) is 5.61. The quantitative estimate of drug-likeness (QED) is 0.767. The van der Waals surface area contributed by atoms with E-state index in [2.05, 4.69) is 41.2 Å². The maximum Gasteiger partial charge on any atom is 0.311 e. The molecule has 0 saturated carbocycles. The van der Waals surface area contributed by atoms with Crippen molar-refractivity contribution in [1.29, 1.82) is 0 Å². The number of aliphatic imine (C=N–C) groups is 1. The molecule has 0 fully saturated rings. The van der Waals surface area contributed by atoms with Crippen LogP contribution < -0.4 is 0 Å². The molecule has 2 aromatic rings. The highest BCUT2D eigenvalue weighted by atomic mass is 16.5. The van der Waals surface area contributed by atoms with Gasteiger partial charge in [0.2, 0.25) is 0 Å². The first-order valence-electron chi connectivity index (χ1n) is 9.59. The lowest BCUT2D eigenvalue weighted by Crippen LogP contribution is -2.32. The molecule has 1 aliphatic rings. The van der Waals surface area contributed by atoms with E-state index in [0.29, 0.717) is 17.9 Å². The average molecular weight is 383 g/mol. The second-order valence-electron chi connectivity index (χ2n) is 8.41. The Balaban J connectivity index is 1.72. The smallest absolute Gasteiger partial charge is 0.311 e. The predicted molar refractivity (Wildman–Crippen MR) is 109 cm³/mol. The summed E-state index contributed by atoms with van der Waals surface area (Å²) in [7, 11) is 0. The molecule has 0 amide bonds. The molecule has 150 valence electrons. The first-order valence-corrected chi connectivity index (χ1v) is 9.59. The molecule has 0 spiro atoms. The highest BCUT2D eigenvalue weighted by Gasteiger charge is 2.30. The molecular weight excluding hydrogens is 354 g/mol. The summed E-state index contributed by atoms with van der Waals surface area (Å²) >= 11 is 0. The number of benzene rings is 1. The van der Waals surface area contributed by atoms with Crippen LogP contribution in [0.15, 0.2) is 29.3 Å². The number of aryl methyl sites for hydroxylation is 2. The first kappa shape index (κ1) is 20.1. The van der Waals surface area contributed by atoms with Gasteiger partial charge in [0.25, 0.3) is 0 Å². The van der Waals surface area contributed by atoms with Crippen LogP contribution in [0.25, 0.3) is 0 Å². The van der Waals surface area contributed by atoms with E-state index in [1.807, 2.05) is 32.6 Å². The van der Waals surface area contributed by atoms with E-state index >= 15 is 0 Å². The van der Waals surface area contributed by atoms with E-state index in [9.17, 15) is 9.90 Å². The summed E-state index contributed by atoms with van der Waals surface area (Å²) in [6.45, 7) is 10.2. The van der Waals surface area contributed by atoms with Crippen molar-refractivity contribution in [3.05, 3.63) is 52.2 Å². The molecule has 0 bridgehead atoms. The summed E-state index contributed by atoms with van der Waals surface area (Å²) < 4.78 is 5.48. The SMILES string of the molecule is Cc1ccc(CCN2C=Nc3[nH]c(C)c(COC(=O)C(C)(C)C)c3C2O)cc1. The number of rotatable bonds is 5. The molecule has 28 heavy (non-hydrogen) atoms. The van der Waals surface area contributed by atoms with Crippen LogP contribution in [-0.4, -0.2) is 33.8 Å². The summed E-state index contributed by atoms with van der Waals surface area (Å²) in [5, 5.41) is 10.9. The van der Waals surface area contributed by atoms with E-state index in [4.69, 9.17) is 4.74 Å². The molecule has 1 aromatic carbocycles. The number of ether oxygens (including phenoxy) is 1. The number of nitrogens with zero attached hydrogens (tertiary/aromatic N) is 2. The third-order valence-electron chi connectivity index (χ3n) is 4.99. The third kappa shape index (κ3) is 4.28. The van der Waals surface area contributed by atoms with E-state index in [1.165, 1.54) is 11.1 Å². The molecule has 2 heterocycles. The van der Waals surface area contributed by atoms with Crippen molar-refractivity contribution in [1.82, 2.24) is 9.88 Å². The number of esters is 1. The minimum atomic E-state index is -0.828. The number of nitrogens with one attached hydrogen (secondary N) is 1. The lowest BCUT2D eigenvalue weighted by atomic mass is 9.97. The Morgan fingerprint density at radius 1 is 1.25 bits per heavy atom. The second-order valence-corrected chi connectivity index (χ2v) is 8.41. The zero-order valence-electron chi connectivity index (χ0n) is 17.2. The highest BCUT2D eigenvalue weighted by molar-refractivity contribution is 5.75. The molecule has 1 aliphatic heterocycles. The van der Waals surface area contributed by atoms with Crippen molar-refractivity contribution in [3.8, 4) is 0 Å². The molecule has 6 nitrogen and oxygen atoms in total. The summed E-state index contributed by atoms with van der Waals surface area (Å²) in [6, 6.07) is 8.38. The van der Waals surface area contributed by atoms with E-state index in [-0.39, 0.29) is 12.6 Å². The molecule has 2 N–H and O–H groups in total. The van der Waals surface area contributed by atoms with Crippen molar-refractivity contribution in [3.63, 3.8) is 0 Å². The van der Waals surface area contributed by atoms with Crippen LogP contribution in [0.5, 0.6) is 0 Å². The van der Waals surface area contributed by atoms with Gasteiger partial charge in [0.05, 0.1) is 17.3 Å². The van der Waals surface area contributed by atoms with Gasteiger partial charge in [-0.2, -0.15) is 0 Å². The molecule has 0 aliphatic carbocycles. The maximum atomic E-state index is 12.1. The summed E-state index contributed by atoms with van der Waals surface area (Å²) in [5.74, 6) is 0.352. The second kappa shape index (κ2) is 7.80. The van der Waals surface area contributed by atoms with Gasteiger partial charge in [0.1, 0.15) is 12.4 Å². The highest BCUT2D eigenvalue weighted by Crippen LogP contribution is 2.36. The van der Waals surface area contributed by atoms with Gasteiger partial charge >= 0.3 is 5.97 Å². The van der Waals surface area contributed by atoms with Gasteiger partial charge in [-0.3, -0.25) is 4.79 Å². The zero-order valence-corrected chi connectivity index (χ0v) is 17.2. The molecule has 1 atom stereocenters. The topological polar surface area (TPSA) is 77.9 Å². The maximum absolute atomic E-state index is 12.1. The fraction of sp³-hybridized carbons (Fsp3) is 0.455. The Hall–Kier alpha value is -2.60. The number of carbonyl (C=O) groups excluding carboxylic acids is 1. The number of hydrogen-bond donors (Lipinski definition) is 2. The van der Waals surface area contributed by atoms with Crippen LogP contribution in [-0.2, 0) is 22.6 Å². The van der Waals surface area contributed by atoms with Gasteiger partial charge in [-0.15, -0.1) is 0 Å². The lowest BCUT2D eigenvalue weighted by molar-refractivity contribution is -0.154. The molecule has 0 saturated heterocycles. The normalized spacial score (nSPS) is 16.2. The van der Waals surface area contributed by atoms with Gasteiger partial charge < -0.3 is 19.7 Å². The van der Waals surface area contributed by atoms with Crippen molar-refractivity contribution in [2.75, 3.05) is 6.54 Å². The van der Waals surface area contributed by atoms with Gasteiger partial charge in [-0.1, -0.05) is 29.8 Å². The number of H-pyrrole nitrogens is 1. The van der Waals surface area contributed by atoms with Crippen molar-refractivity contribution in [2.45, 2.75) is 53.9 Å². The van der Waals surface area contributed by atoms with Crippen LogP contribution >= 0.6 is 0 Å². The molecule has 6 heteroatoms. The Morgan fingerprint density at radius 3 is 2.57 bits per heavy atom. The van der Waals surface area contributed by atoms with Crippen LogP contribution in [0.3, 0.4) is 0 Å². The number of fused-ring (bicyclic) bond motifs is 1. The monoisotopic (exact) mass is 383 g/mol. The molecule has 1 unspecified atom stereocenters. The van der Waals surface area contributed by atoms with Crippen LogP contribution in [0, 0.1) is 19.3 Å². The van der Waals surface area contributed by atoms with Crippen LogP contribution in [0.2, 0.25) is 0 Å². The Labute approximate surface area is 166 Å². The number of aliphatic hydroxyl groups is 1.